The maximum absolute atomic E-state index is 12.6. The largest absolute Gasteiger partial charge is 0.497 e. The fourth-order valence-corrected chi connectivity index (χ4v) is 3.39. The first kappa shape index (κ1) is 19.1. The summed E-state index contributed by atoms with van der Waals surface area (Å²) in [4.78, 5) is 16.8. The molecular weight excluding hydrogens is 340 g/mol. The SMILES string of the molecule is CCOc1ccccc1N1CCN(C(=O)CCc2ccc(OC)cc2)CC1. The fraction of sp³-hybridized carbons (Fsp3) is 0.409. The van der Waals surface area contributed by atoms with Crippen molar-refractivity contribution in [1.82, 2.24) is 4.90 Å². The summed E-state index contributed by atoms with van der Waals surface area (Å²) in [6, 6.07) is 16.0. The van der Waals surface area contributed by atoms with Gasteiger partial charge in [0.2, 0.25) is 5.91 Å². The van der Waals surface area contributed by atoms with Crippen LogP contribution in [0.5, 0.6) is 11.5 Å². The molecule has 1 saturated heterocycles. The highest BCUT2D eigenvalue weighted by molar-refractivity contribution is 5.77. The number of carbonyl (C=O) groups is 1. The number of nitrogens with zero attached hydrogens (tertiary/aromatic N) is 2. The number of benzene rings is 2. The Hall–Kier alpha value is -2.69. The van der Waals surface area contributed by atoms with Crippen molar-refractivity contribution < 1.29 is 14.3 Å². The van der Waals surface area contributed by atoms with Gasteiger partial charge in [-0.3, -0.25) is 4.79 Å². The minimum Gasteiger partial charge on any atom is -0.497 e. The summed E-state index contributed by atoms with van der Waals surface area (Å²) in [5.74, 6) is 1.98. The smallest absolute Gasteiger partial charge is 0.223 e. The van der Waals surface area contributed by atoms with Gasteiger partial charge < -0.3 is 19.3 Å². The van der Waals surface area contributed by atoms with Crippen LogP contribution in [0.1, 0.15) is 18.9 Å². The second kappa shape index (κ2) is 9.31. The number of piperazine rings is 1. The van der Waals surface area contributed by atoms with E-state index in [0.717, 1.165) is 55.3 Å². The number of para-hydroxylation sites is 2. The van der Waals surface area contributed by atoms with E-state index in [0.29, 0.717) is 13.0 Å². The Bertz CT molecular complexity index is 737. The highest BCUT2D eigenvalue weighted by atomic mass is 16.5. The Morgan fingerprint density at radius 2 is 1.70 bits per heavy atom. The predicted molar refractivity (Wildman–Crippen MR) is 108 cm³/mol. The predicted octanol–water partition coefficient (Wildman–Crippen LogP) is 3.38. The molecule has 0 saturated carbocycles. The van der Waals surface area contributed by atoms with Crippen molar-refractivity contribution in [3.8, 4) is 11.5 Å². The lowest BCUT2D eigenvalue weighted by Crippen LogP contribution is -2.49. The minimum absolute atomic E-state index is 0.226. The highest BCUT2D eigenvalue weighted by Gasteiger charge is 2.22. The molecule has 1 aliphatic heterocycles. The summed E-state index contributed by atoms with van der Waals surface area (Å²) in [6.07, 6.45) is 1.30. The molecule has 0 atom stereocenters. The van der Waals surface area contributed by atoms with Crippen molar-refractivity contribution in [2.75, 3.05) is 44.8 Å². The summed E-state index contributed by atoms with van der Waals surface area (Å²) in [5.41, 5.74) is 2.28. The van der Waals surface area contributed by atoms with Crippen molar-refractivity contribution >= 4 is 11.6 Å². The van der Waals surface area contributed by atoms with E-state index in [-0.39, 0.29) is 5.91 Å². The lowest BCUT2D eigenvalue weighted by molar-refractivity contribution is -0.131. The Morgan fingerprint density at radius 1 is 1.00 bits per heavy atom. The van der Waals surface area contributed by atoms with Crippen LogP contribution in [-0.4, -0.2) is 50.7 Å². The molecule has 3 rings (SSSR count). The summed E-state index contributed by atoms with van der Waals surface area (Å²) in [7, 11) is 1.66. The van der Waals surface area contributed by atoms with Gasteiger partial charge in [0.25, 0.3) is 0 Å². The summed E-state index contributed by atoms with van der Waals surface area (Å²) >= 11 is 0. The third kappa shape index (κ3) is 4.94. The lowest BCUT2D eigenvalue weighted by Gasteiger charge is -2.36. The molecule has 0 bridgehead atoms. The molecule has 144 valence electrons. The molecule has 0 aromatic heterocycles. The molecule has 1 fully saturated rings. The zero-order valence-electron chi connectivity index (χ0n) is 16.2. The van der Waals surface area contributed by atoms with E-state index in [1.165, 1.54) is 0 Å². The van der Waals surface area contributed by atoms with Gasteiger partial charge in [-0.2, -0.15) is 0 Å². The Labute approximate surface area is 161 Å². The maximum Gasteiger partial charge on any atom is 0.223 e. The molecule has 2 aromatic rings. The number of anilines is 1. The number of aryl methyl sites for hydroxylation is 1. The molecular formula is C22H28N2O3. The number of hydrogen-bond donors (Lipinski definition) is 0. The molecule has 0 spiro atoms. The van der Waals surface area contributed by atoms with Gasteiger partial charge in [0.15, 0.2) is 0 Å². The quantitative estimate of drug-likeness (QED) is 0.751. The Morgan fingerprint density at radius 3 is 2.37 bits per heavy atom. The van der Waals surface area contributed by atoms with Gasteiger partial charge in [0.1, 0.15) is 11.5 Å². The first-order chi connectivity index (χ1) is 13.2. The van der Waals surface area contributed by atoms with Crippen LogP contribution >= 0.6 is 0 Å². The number of rotatable bonds is 7. The first-order valence-corrected chi connectivity index (χ1v) is 9.58. The van der Waals surface area contributed by atoms with Crippen molar-refractivity contribution in [2.45, 2.75) is 19.8 Å². The van der Waals surface area contributed by atoms with Gasteiger partial charge in [-0.1, -0.05) is 24.3 Å². The van der Waals surface area contributed by atoms with E-state index in [1.54, 1.807) is 7.11 Å². The average Bonchev–Trinajstić information content (AvgIpc) is 2.73. The number of amides is 1. The molecule has 5 heteroatoms. The van der Waals surface area contributed by atoms with Crippen LogP contribution in [0.4, 0.5) is 5.69 Å². The number of methoxy groups -OCH3 is 1. The van der Waals surface area contributed by atoms with Crippen molar-refractivity contribution in [3.63, 3.8) is 0 Å². The molecule has 1 heterocycles. The lowest BCUT2D eigenvalue weighted by atomic mass is 10.1. The van der Waals surface area contributed by atoms with Crippen LogP contribution in [0.2, 0.25) is 0 Å². The van der Waals surface area contributed by atoms with Gasteiger partial charge in [-0.25, -0.2) is 0 Å². The second-order valence-electron chi connectivity index (χ2n) is 6.62. The highest BCUT2D eigenvalue weighted by Crippen LogP contribution is 2.28. The van der Waals surface area contributed by atoms with Gasteiger partial charge in [-0.05, 0) is 43.2 Å². The van der Waals surface area contributed by atoms with E-state index in [1.807, 2.05) is 54.3 Å². The van der Waals surface area contributed by atoms with E-state index < -0.39 is 0 Å². The van der Waals surface area contributed by atoms with Gasteiger partial charge >= 0.3 is 0 Å². The first-order valence-electron chi connectivity index (χ1n) is 9.58. The minimum atomic E-state index is 0.226. The van der Waals surface area contributed by atoms with Gasteiger partial charge in [0, 0.05) is 32.6 Å². The van der Waals surface area contributed by atoms with E-state index in [4.69, 9.17) is 9.47 Å². The van der Waals surface area contributed by atoms with E-state index in [9.17, 15) is 4.79 Å². The van der Waals surface area contributed by atoms with Crippen LogP contribution in [-0.2, 0) is 11.2 Å². The maximum atomic E-state index is 12.6. The zero-order chi connectivity index (χ0) is 19.1. The standard InChI is InChI=1S/C22H28N2O3/c1-3-27-21-7-5-4-6-20(21)23-14-16-24(17-15-23)22(25)13-10-18-8-11-19(26-2)12-9-18/h4-9,11-12H,3,10,13-17H2,1-2H3. The summed E-state index contributed by atoms with van der Waals surface area (Å²) in [5, 5.41) is 0. The van der Waals surface area contributed by atoms with Crippen LogP contribution in [0.3, 0.4) is 0 Å². The molecule has 0 N–H and O–H groups in total. The van der Waals surface area contributed by atoms with E-state index >= 15 is 0 Å². The molecule has 1 amide bonds. The summed E-state index contributed by atoms with van der Waals surface area (Å²) < 4.78 is 10.9. The van der Waals surface area contributed by atoms with Crippen LogP contribution < -0.4 is 14.4 Å². The number of carbonyl (C=O) groups excluding carboxylic acids is 1. The Balaban J connectivity index is 1.50. The zero-order valence-corrected chi connectivity index (χ0v) is 16.2. The normalized spacial score (nSPS) is 14.1. The second-order valence-corrected chi connectivity index (χ2v) is 6.62. The van der Waals surface area contributed by atoms with Crippen molar-refractivity contribution in [2.24, 2.45) is 0 Å². The van der Waals surface area contributed by atoms with Gasteiger partial charge in [-0.15, -0.1) is 0 Å². The molecule has 1 aliphatic rings. The van der Waals surface area contributed by atoms with Crippen LogP contribution in [0.25, 0.3) is 0 Å². The monoisotopic (exact) mass is 368 g/mol. The molecule has 0 aliphatic carbocycles. The van der Waals surface area contributed by atoms with Gasteiger partial charge in [0.05, 0.1) is 19.4 Å². The van der Waals surface area contributed by atoms with Crippen LogP contribution in [0, 0.1) is 0 Å². The fourth-order valence-electron chi connectivity index (χ4n) is 3.39. The third-order valence-electron chi connectivity index (χ3n) is 4.92. The summed E-state index contributed by atoms with van der Waals surface area (Å²) in [6.45, 7) is 5.82. The topological polar surface area (TPSA) is 42.0 Å². The molecule has 0 unspecified atom stereocenters. The average molecular weight is 368 g/mol. The Kier molecular flexibility index (Phi) is 6.58. The van der Waals surface area contributed by atoms with Crippen molar-refractivity contribution in [1.29, 1.82) is 0 Å². The molecule has 27 heavy (non-hydrogen) atoms. The third-order valence-corrected chi connectivity index (χ3v) is 4.92. The molecule has 0 radical (unpaired) electrons. The number of hydrogen-bond acceptors (Lipinski definition) is 4. The van der Waals surface area contributed by atoms with Crippen molar-refractivity contribution in [3.05, 3.63) is 54.1 Å². The molecule has 5 nitrogen and oxygen atoms in total. The van der Waals surface area contributed by atoms with E-state index in [2.05, 4.69) is 11.0 Å². The van der Waals surface area contributed by atoms with Crippen LogP contribution in [0.15, 0.2) is 48.5 Å². The molecule has 2 aromatic carbocycles. The number of ether oxygens (including phenoxy) is 2.